The predicted molar refractivity (Wildman–Crippen MR) is 68.4 cm³/mol. The van der Waals surface area contributed by atoms with Gasteiger partial charge in [-0.2, -0.15) is 0 Å². The molecule has 0 fully saturated rings. The molecule has 0 saturated heterocycles. The molecule has 0 N–H and O–H groups in total. The zero-order chi connectivity index (χ0) is 12.0. The molecule has 1 aromatic rings. The largest absolute Gasteiger partial charge is 0.299 e. The Bertz CT molecular complexity index is 313. The van der Waals surface area contributed by atoms with Crippen LogP contribution >= 0.6 is 0 Å². The van der Waals surface area contributed by atoms with Crippen LogP contribution in [0.3, 0.4) is 0 Å². The first kappa shape index (κ1) is 13.0. The number of carbonyl (C=O) groups excluding carboxylic acids is 1. The minimum absolute atomic E-state index is 0.153. The van der Waals surface area contributed by atoms with Crippen LogP contribution in [0.4, 0.5) is 0 Å². The van der Waals surface area contributed by atoms with Gasteiger partial charge in [0.25, 0.3) is 0 Å². The molecule has 0 bridgehead atoms. The van der Waals surface area contributed by atoms with E-state index in [9.17, 15) is 4.79 Å². The summed E-state index contributed by atoms with van der Waals surface area (Å²) in [7, 11) is 0. The van der Waals surface area contributed by atoms with E-state index >= 15 is 0 Å². The predicted octanol–water partition coefficient (Wildman–Crippen LogP) is 3.87. The smallest absolute Gasteiger partial charge is 0.138 e. The quantitative estimate of drug-likeness (QED) is 0.708. The third-order valence-electron chi connectivity index (χ3n) is 2.93. The summed E-state index contributed by atoms with van der Waals surface area (Å²) in [6.07, 6.45) is 2.98. The van der Waals surface area contributed by atoms with Crippen molar-refractivity contribution in [2.45, 2.75) is 40.0 Å². The standard InChI is InChI=1S/C15H22O/c1-4-8-14(15(16)12(2)3)11-13-9-6-5-7-10-13/h5-7,9-10,12,14H,4,8,11H2,1-3H3/t14-/m0/s1. The Kier molecular flexibility index (Phi) is 5.24. The highest BCUT2D eigenvalue weighted by atomic mass is 16.1. The van der Waals surface area contributed by atoms with E-state index in [1.54, 1.807) is 0 Å². The van der Waals surface area contributed by atoms with E-state index in [-0.39, 0.29) is 11.8 Å². The van der Waals surface area contributed by atoms with Crippen LogP contribution in [0.5, 0.6) is 0 Å². The molecule has 88 valence electrons. The molecular weight excluding hydrogens is 196 g/mol. The fourth-order valence-corrected chi connectivity index (χ4v) is 2.06. The fraction of sp³-hybridized carbons (Fsp3) is 0.533. The number of hydrogen-bond donors (Lipinski definition) is 0. The first-order valence-corrected chi connectivity index (χ1v) is 6.22. The molecule has 1 atom stereocenters. The number of ketones is 1. The van der Waals surface area contributed by atoms with E-state index in [4.69, 9.17) is 0 Å². The van der Waals surface area contributed by atoms with Crippen LogP contribution in [-0.2, 0) is 11.2 Å². The summed E-state index contributed by atoms with van der Waals surface area (Å²) in [4.78, 5) is 12.0. The van der Waals surface area contributed by atoms with E-state index < -0.39 is 0 Å². The molecule has 0 heterocycles. The monoisotopic (exact) mass is 218 g/mol. The summed E-state index contributed by atoms with van der Waals surface area (Å²) in [5.41, 5.74) is 1.27. The van der Waals surface area contributed by atoms with Crippen molar-refractivity contribution < 1.29 is 4.79 Å². The molecule has 1 heteroatoms. The van der Waals surface area contributed by atoms with Crippen LogP contribution in [-0.4, -0.2) is 5.78 Å². The number of benzene rings is 1. The normalized spacial score (nSPS) is 12.8. The molecular formula is C15H22O. The van der Waals surface area contributed by atoms with Crippen LogP contribution in [0.1, 0.15) is 39.2 Å². The van der Waals surface area contributed by atoms with Crippen LogP contribution in [0.25, 0.3) is 0 Å². The third kappa shape index (κ3) is 3.80. The Balaban J connectivity index is 2.68. The SMILES string of the molecule is CCC[C@@H](Cc1ccccc1)C(=O)C(C)C. The second-order valence-corrected chi connectivity index (χ2v) is 4.73. The Labute approximate surface area is 98.9 Å². The minimum Gasteiger partial charge on any atom is -0.299 e. The summed E-state index contributed by atoms with van der Waals surface area (Å²) in [5, 5.41) is 0. The van der Waals surface area contributed by atoms with Crippen molar-refractivity contribution in [1.82, 2.24) is 0 Å². The van der Waals surface area contributed by atoms with Gasteiger partial charge in [-0.15, -0.1) is 0 Å². The van der Waals surface area contributed by atoms with Crippen LogP contribution in [0.15, 0.2) is 30.3 Å². The van der Waals surface area contributed by atoms with E-state index in [0.717, 1.165) is 19.3 Å². The van der Waals surface area contributed by atoms with Gasteiger partial charge < -0.3 is 0 Å². The lowest BCUT2D eigenvalue weighted by Crippen LogP contribution is -2.21. The van der Waals surface area contributed by atoms with Crippen molar-refractivity contribution in [3.8, 4) is 0 Å². The molecule has 0 unspecified atom stereocenters. The zero-order valence-corrected chi connectivity index (χ0v) is 10.6. The molecule has 0 radical (unpaired) electrons. The van der Waals surface area contributed by atoms with E-state index in [2.05, 4.69) is 19.1 Å². The highest BCUT2D eigenvalue weighted by Gasteiger charge is 2.20. The summed E-state index contributed by atoms with van der Waals surface area (Å²) >= 11 is 0. The molecule has 0 amide bonds. The highest BCUT2D eigenvalue weighted by molar-refractivity contribution is 5.83. The molecule has 0 aliphatic rings. The van der Waals surface area contributed by atoms with Gasteiger partial charge >= 0.3 is 0 Å². The third-order valence-corrected chi connectivity index (χ3v) is 2.93. The van der Waals surface area contributed by atoms with Crippen molar-refractivity contribution in [2.75, 3.05) is 0 Å². The fourth-order valence-electron chi connectivity index (χ4n) is 2.06. The summed E-state index contributed by atoms with van der Waals surface area (Å²) in [6.45, 7) is 6.14. The van der Waals surface area contributed by atoms with Gasteiger partial charge in [0.05, 0.1) is 0 Å². The molecule has 0 saturated carbocycles. The molecule has 0 aromatic heterocycles. The van der Waals surface area contributed by atoms with Gasteiger partial charge in [0, 0.05) is 11.8 Å². The summed E-state index contributed by atoms with van der Waals surface area (Å²) in [5.74, 6) is 0.762. The molecule has 1 aromatic carbocycles. The molecule has 0 aliphatic heterocycles. The number of rotatable bonds is 6. The minimum atomic E-state index is 0.153. The van der Waals surface area contributed by atoms with E-state index in [1.807, 2.05) is 32.0 Å². The van der Waals surface area contributed by atoms with Gasteiger partial charge in [-0.1, -0.05) is 57.5 Å². The van der Waals surface area contributed by atoms with Crippen molar-refractivity contribution in [3.05, 3.63) is 35.9 Å². The first-order chi connectivity index (χ1) is 7.65. The lowest BCUT2D eigenvalue weighted by atomic mass is 9.86. The van der Waals surface area contributed by atoms with Gasteiger partial charge in [0.15, 0.2) is 0 Å². The van der Waals surface area contributed by atoms with Gasteiger partial charge in [0.1, 0.15) is 5.78 Å². The first-order valence-electron chi connectivity index (χ1n) is 6.22. The number of hydrogen-bond acceptors (Lipinski definition) is 1. The molecule has 1 nitrogen and oxygen atoms in total. The maximum atomic E-state index is 12.0. The summed E-state index contributed by atoms with van der Waals surface area (Å²) < 4.78 is 0. The highest BCUT2D eigenvalue weighted by Crippen LogP contribution is 2.18. The second-order valence-electron chi connectivity index (χ2n) is 4.73. The molecule has 1 rings (SSSR count). The Morgan fingerprint density at radius 3 is 2.31 bits per heavy atom. The van der Waals surface area contributed by atoms with Gasteiger partial charge in [-0.25, -0.2) is 0 Å². The van der Waals surface area contributed by atoms with E-state index in [0.29, 0.717) is 5.78 Å². The summed E-state index contributed by atoms with van der Waals surface area (Å²) in [6, 6.07) is 10.3. The number of Topliss-reactive ketones (excluding diaryl/α,β-unsaturated/α-hetero) is 1. The maximum Gasteiger partial charge on any atom is 0.138 e. The lowest BCUT2D eigenvalue weighted by Gasteiger charge is -2.17. The van der Waals surface area contributed by atoms with Gasteiger partial charge in [-0.3, -0.25) is 4.79 Å². The molecule has 0 aliphatic carbocycles. The van der Waals surface area contributed by atoms with E-state index in [1.165, 1.54) is 5.56 Å². The van der Waals surface area contributed by atoms with Crippen LogP contribution < -0.4 is 0 Å². The lowest BCUT2D eigenvalue weighted by molar-refractivity contribution is -0.126. The molecule has 16 heavy (non-hydrogen) atoms. The Hall–Kier alpha value is -1.11. The Morgan fingerprint density at radius 2 is 1.81 bits per heavy atom. The average Bonchev–Trinajstić information content (AvgIpc) is 2.29. The maximum absolute atomic E-state index is 12.0. The zero-order valence-electron chi connectivity index (χ0n) is 10.6. The van der Waals surface area contributed by atoms with Gasteiger partial charge in [0.2, 0.25) is 0 Å². The van der Waals surface area contributed by atoms with Crippen LogP contribution in [0.2, 0.25) is 0 Å². The topological polar surface area (TPSA) is 17.1 Å². The molecule has 0 spiro atoms. The Morgan fingerprint density at radius 1 is 1.19 bits per heavy atom. The van der Waals surface area contributed by atoms with Crippen molar-refractivity contribution in [3.63, 3.8) is 0 Å². The van der Waals surface area contributed by atoms with Crippen molar-refractivity contribution >= 4 is 5.78 Å². The average molecular weight is 218 g/mol. The van der Waals surface area contributed by atoms with Crippen molar-refractivity contribution in [1.29, 1.82) is 0 Å². The van der Waals surface area contributed by atoms with Crippen molar-refractivity contribution in [2.24, 2.45) is 11.8 Å². The number of carbonyl (C=O) groups is 1. The van der Waals surface area contributed by atoms with Gasteiger partial charge in [-0.05, 0) is 18.4 Å². The second kappa shape index (κ2) is 6.47. The van der Waals surface area contributed by atoms with Crippen LogP contribution in [0, 0.1) is 11.8 Å².